The first-order valence-corrected chi connectivity index (χ1v) is 7.03. The number of methoxy groups -OCH3 is 1. The average molecular weight is 256 g/mol. The van der Waals surface area contributed by atoms with E-state index in [0.29, 0.717) is 12.1 Å². The van der Waals surface area contributed by atoms with Gasteiger partial charge in [-0.05, 0) is 40.2 Å². The predicted octanol–water partition coefficient (Wildman–Crippen LogP) is 1.79. The van der Waals surface area contributed by atoms with E-state index in [4.69, 9.17) is 4.74 Å². The highest BCUT2D eigenvalue weighted by Crippen LogP contribution is 2.24. The molecule has 1 heterocycles. The van der Waals surface area contributed by atoms with Gasteiger partial charge in [-0.2, -0.15) is 0 Å². The zero-order valence-electron chi connectivity index (χ0n) is 12.5. The van der Waals surface area contributed by atoms with Gasteiger partial charge in [0.2, 0.25) is 0 Å². The third-order valence-corrected chi connectivity index (χ3v) is 4.08. The van der Waals surface area contributed by atoms with Crippen molar-refractivity contribution in [1.82, 2.24) is 10.2 Å². The van der Waals surface area contributed by atoms with Crippen molar-refractivity contribution in [3.05, 3.63) is 0 Å². The first kappa shape index (κ1) is 15.4. The molecule has 3 unspecified atom stereocenters. The smallest absolute Gasteiger partial charge is 0.327 e. The molecule has 0 aromatic heterocycles. The van der Waals surface area contributed by atoms with E-state index in [1.807, 2.05) is 13.8 Å². The van der Waals surface area contributed by atoms with Gasteiger partial charge in [-0.1, -0.05) is 13.3 Å². The molecule has 0 amide bonds. The fraction of sp³-hybridized carbons (Fsp3) is 0.929. The van der Waals surface area contributed by atoms with Crippen LogP contribution in [0.15, 0.2) is 0 Å². The molecule has 18 heavy (non-hydrogen) atoms. The Hall–Kier alpha value is -0.610. The largest absolute Gasteiger partial charge is 0.468 e. The highest BCUT2D eigenvalue weighted by atomic mass is 16.5. The van der Waals surface area contributed by atoms with E-state index < -0.39 is 5.54 Å². The number of carbonyl (C=O) groups excluding carboxylic acids is 1. The van der Waals surface area contributed by atoms with E-state index in [1.165, 1.54) is 26.4 Å². The number of nitrogens with one attached hydrogen (secondary N) is 1. The molecule has 1 rings (SSSR count). The number of hydrogen-bond acceptors (Lipinski definition) is 4. The molecular weight excluding hydrogens is 228 g/mol. The van der Waals surface area contributed by atoms with Crippen molar-refractivity contribution < 1.29 is 9.53 Å². The number of likely N-dealkylation sites (N-methyl/N-ethyl adjacent to an activating group) is 1. The summed E-state index contributed by atoms with van der Waals surface area (Å²) < 4.78 is 4.95. The number of carbonyl (C=O) groups is 1. The fourth-order valence-electron chi connectivity index (χ4n) is 2.96. The molecule has 0 radical (unpaired) electrons. The predicted molar refractivity (Wildman–Crippen MR) is 73.6 cm³/mol. The molecule has 4 heteroatoms. The van der Waals surface area contributed by atoms with Crippen molar-refractivity contribution in [2.75, 3.05) is 20.2 Å². The summed E-state index contributed by atoms with van der Waals surface area (Å²) in [6.45, 7) is 9.94. The summed E-state index contributed by atoms with van der Waals surface area (Å²) in [5.41, 5.74) is -0.608. The van der Waals surface area contributed by atoms with Crippen LogP contribution >= 0.6 is 0 Å². The molecule has 0 aromatic carbocycles. The van der Waals surface area contributed by atoms with E-state index in [-0.39, 0.29) is 5.97 Å². The standard InChI is InChI=1S/C14H28N2O2/c1-6-15-14(4,13(17)18-5)10-16-11(2)8-7-9-12(16)3/h11-12,15H,6-10H2,1-5H3. The van der Waals surface area contributed by atoms with Crippen LogP contribution in [0.5, 0.6) is 0 Å². The molecule has 0 spiro atoms. The van der Waals surface area contributed by atoms with Crippen LogP contribution in [0.25, 0.3) is 0 Å². The summed E-state index contributed by atoms with van der Waals surface area (Å²) in [6, 6.07) is 1.08. The van der Waals surface area contributed by atoms with E-state index in [0.717, 1.165) is 13.1 Å². The Bertz CT molecular complexity index is 273. The SMILES string of the molecule is CCNC(C)(CN1C(C)CCCC1C)C(=O)OC. The van der Waals surface area contributed by atoms with Gasteiger partial charge in [0.1, 0.15) is 5.54 Å². The molecule has 0 aromatic rings. The summed E-state index contributed by atoms with van der Waals surface area (Å²) in [5, 5.41) is 3.28. The van der Waals surface area contributed by atoms with Gasteiger partial charge in [0.05, 0.1) is 7.11 Å². The molecule has 0 saturated carbocycles. The van der Waals surface area contributed by atoms with Crippen molar-refractivity contribution >= 4 is 5.97 Å². The zero-order chi connectivity index (χ0) is 13.8. The first-order chi connectivity index (χ1) is 8.44. The number of esters is 1. The quantitative estimate of drug-likeness (QED) is 0.762. The second-order valence-corrected chi connectivity index (χ2v) is 5.66. The lowest BCUT2D eigenvalue weighted by atomic mass is 9.93. The number of hydrogen-bond donors (Lipinski definition) is 1. The van der Waals surface area contributed by atoms with E-state index >= 15 is 0 Å². The van der Waals surface area contributed by atoms with E-state index in [1.54, 1.807) is 0 Å². The summed E-state index contributed by atoms with van der Waals surface area (Å²) in [7, 11) is 1.46. The Balaban J connectivity index is 2.78. The van der Waals surface area contributed by atoms with Gasteiger partial charge in [0.25, 0.3) is 0 Å². The summed E-state index contributed by atoms with van der Waals surface area (Å²) in [6.07, 6.45) is 3.72. The number of likely N-dealkylation sites (tertiary alicyclic amines) is 1. The van der Waals surface area contributed by atoms with Crippen LogP contribution in [0.2, 0.25) is 0 Å². The summed E-state index contributed by atoms with van der Waals surface area (Å²) in [4.78, 5) is 14.4. The highest BCUT2D eigenvalue weighted by Gasteiger charge is 2.38. The Labute approximate surface area is 111 Å². The van der Waals surface area contributed by atoms with Gasteiger partial charge < -0.3 is 10.1 Å². The van der Waals surface area contributed by atoms with E-state index in [2.05, 4.69) is 24.1 Å². The number of nitrogens with zero attached hydrogens (tertiary/aromatic N) is 1. The molecule has 1 fully saturated rings. The van der Waals surface area contributed by atoms with Gasteiger partial charge in [-0.15, -0.1) is 0 Å². The molecular formula is C14H28N2O2. The minimum absolute atomic E-state index is 0.172. The zero-order valence-corrected chi connectivity index (χ0v) is 12.5. The molecule has 1 aliphatic rings. The number of rotatable bonds is 5. The van der Waals surface area contributed by atoms with Crippen LogP contribution in [-0.4, -0.2) is 48.7 Å². The monoisotopic (exact) mass is 256 g/mol. The molecule has 1 saturated heterocycles. The number of ether oxygens (including phenoxy) is 1. The topological polar surface area (TPSA) is 41.6 Å². The lowest BCUT2D eigenvalue weighted by molar-refractivity contribution is -0.149. The van der Waals surface area contributed by atoms with Crippen molar-refractivity contribution in [1.29, 1.82) is 0 Å². The Morgan fingerprint density at radius 2 is 1.94 bits per heavy atom. The summed E-state index contributed by atoms with van der Waals surface area (Å²) in [5.74, 6) is -0.172. The van der Waals surface area contributed by atoms with Crippen molar-refractivity contribution in [2.24, 2.45) is 0 Å². The van der Waals surface area contributed by atoms with Crippen molar-refractivity contribution in [3.8, 4) is 0 Å². The minimum atomic E-state index is -0.608. The second kappa shape index (κ2) is 6.53. The van der Waals surface area contributed by atoms with Gasteiger partial charge >= 0.3 is 5.97 Å². The first-order valence-electron chi connectivity index (χ1n) is 7.03. The Kier molecular flexibility index (Phi) is 5.60. The maximum Gasteiger partial charge on any atom is 0.327 e. The molecule has 1 aliphatic heterocycles. The molecule has 0 aliphatic carbocycles. The van der Waals surface area contributed by atoms with Gasteiger partial charge in [0, 0.05) is 18.6 Å². The lowest BCUT2D eigenvalue weighted by Gasteiger charge is -2.43. The molecule has 1 N–H and O–H groups in total. The van der Waals surface area contributed by atoms with Crippen LogP contribution in [0, 0.1) is 0 Å². The Morgan fingerprint density at radius 3 is 2.39 bits per heavy atom. The third kappa shape index (κ3) is 3.45. The minimum Gasteiger partial charge on any atom is -0.468 e. The van der Waals surface area contributed by atoms with Crippen LogP contribution in [-0.2, 0) is 9.53 Å². The average Bonchev–Trinajstić information content (AvgIpc) is 2.33. The Morgan fingerprint density at radius 1 is 1.39 bits per heavy atom. The van der Waals surface area contributed by atoms with Crippen LogP contribution in [0.1, 0.15) is 47.0 Å². The van der Waals surface area contributed by atoms with Crippen LogP contribution < -0.4 is 5.32 Å². The number of piperidine rings is 1. The third-order valence-electron chi connectivity index (χ3n) is 4.08. The van der Waals surface area contributed by atoms with Gasteiger partial charge in [-0.3, -0.25) is 9.69 Å². The van der Waals surface area contributed by atoms with Gasteiger partial charge in [-0.25, -0.2) is 0 Å². The van der Waals surface area contributed by atoms with Crippen molar-refractivity contribution in [3.63, 3.8) is 0 Å². The maximum atomic E-state index is 12.0. The molecule has 3 atom stereocenters. The van der Waals surface area contributed by atoms with Crippen LogP contribution in [0.3, 0.4) is 0 Å². The molecule has 106 valence electrons. The second-order valence-electron chi connectivity index (χ2n) is 5.66. The van der Waals surface area contributed by atoms with Crippen molar-refractivity contribution in [2.45, 2.75) is 64.6 Å². The highest BCUT2D eigenvalue weighted by molar-refractivity contribution is 5.80. The normalized spacial score (nSPS) is 28.7. The van der Waals surface area contributed by atoms with E-state index in [9.17, 15) is 4.79 Å². The maximum absolute atomic E-state index is 12.0. The van der Waals surface area contributed by atoms with Crippen LogP contribution in [0.4, 0.5) is 0 Å². The lowest BCUT2D eigenvalue weighted by Crippen LogP contribution is -2.60. The summed E-state index contributed by atoms with van der Waals surface area (Å²) >= 11 is 0. The fourth-order valence-corrected chi connectivity index (χ4v) is 2.96. The van der Waals surface area contributed by atoms with Gasteiger partial charge in [0.15, 0.2) is 0 Å². The molecule has 4 nitrogen and oxygen atoms in total. The molecule has 0 bridgehead atoms.